The van der Waals surface area contributed by atoms with Crippen LogP contribution in [-0.4, -0.2) is 34.2 Å². The van der Waals surface area contributed by atoms with Crippen molar-refractivity contribution in [3.8, 4) is 10.6 Å². The number of rotatable bonds is 4. The number of hydrogen-bond acceptors (Lipinski definition) is 5. The third kappa shape index (κ3) is 2.91. The lowest BCUT2D eigenvalue weighted by Gasteiger charge is -2.29. The number of nitrogens with zero attached hydrogens (tertiary/aromatic N) is 2. The molecular weight excluding hydrogens is 276 g/mol. The number of carbonyl (C=O) groups is 1. The van der Waals surface area contributed by atoms with Crippen LogP contribution in [0.15, 0.2) is 28.1 Å². The largest absolute Gasteiger partial charge is 0.481 e. The van der Waals surface area contributed by atoms with E-state index in [-0.39, 0.29) is 5.92 Å². The summed E-state index contributed by atoms with van der Waals surface area (Å²) in [5, 5.41) is 15.1. The van der Waals surface area contributed by atoms with E-state index in [9.17, 15) is 4.79 Å². The van der Waals surface area contributed by atoms with E-state index < -0.39 is 5.97 Å². The zero-order valence-corrected chi connectivity index (χ0v) is 11.8. The Hall–Kier alpha value is -1.66. The molecule has 5 nitrogen and oxygen atoms in total. The Balaban J connectivity index is 1.58. The van der Waals surface area contributed by atoms with E-state index in [4.69, 9.17) is 9.63 Å². The van der Waals surface area contributed by atoms with Gasteiger partial charge in [-0.2, -0.15) is 0 Å². The van der Waals surface area contributed by atoms with Gasteiger partial charge in [-0.3, -0.25) is 9.69 Å². The van der Waals surface area contributed by atoms with Crippen LogP contribution in [0, 0.1) is 5.92 Å². The van der Waals surface area contributed by atoms with Crippen LogP contribution in [0.3, 0.4) is 0 Å². The Morgan fingerprint density at radius 2 is 2.30 bits per heavy atom. The molecular formula is C14H16N2O3S. The third-order valence-corrected chi connectivity index (χ3v) is 4.53. The summed E-state index contributed by atoms with van der Waals surface area (Å²) in [5.74, 6) is -0.0632. The average molecular weight is 292 g/mol. The number of thiophene rings is 1. The first-order chi connectivity index (χ1) is 9.72. The summed E-state index contributed by atoms with van der Waals surface area (Å²) >= 11 is 1.63. The minimum atomic E-state index is -0.675. The van der Waals surface area contributed by atoms with Crippen LogP contribution < -0.4 is 0 Å². The Morgan fingerprint density at radius 1 is 1.50 bits per heavy atom. The molecule has 0 radical (unpaired) electrons. The van der Waals surface area contributed by atoms with E-state index in [1.807, 2.05) is 23.6 Å². The van der Waals surface area contributed by atoms with Crippen molar-refractivity contribution in [2.45, 2.75) is 19.4 Å². The first kappa shape index (κ1) is 13.3. The molecule has 3 heterocycles. The Morgan fingerprint density at radius 3 is 2.95 bits per heavy atom. The minimum Gasteiger partial charge on any atom is -0.481 e. The second-order valence-electron chi connectivity index (χ2n) is 5.05. The van der Waals surface area contributed by atoms with Gasteiger partial charge >= 0.3 is 5.97 Å². The fraction of sp³-hybridized carbons (Fsp3) is 0.429. The third-order valence-electron chi connectivity index (χ3n) is 3.65. The maximum Gasteiger partial charge on any atom is 0.306 e. The summed E-state index contributed by atoms with van der Waals surface area (Å²) in [4.78, 5) is 14.2. The molecule has 106 valence electrons. The number of piperidine rings is 1. The molecule has 0 aliphatic carbocycles. The maximum absolute atomic E-state index is 10.9. The number of aliphatic carboxylic acids is 1. The minimum absolute atomic E-state index is 0.190. The summed E-state index contributed by atoms with van der Waals surface area (Å²) in [6, 6.07) is 5.96. The lowest BCUT2D eigenvalue weighted by molar-refractivity contribution is -0.143. The maximum atomic E-state index is 10.9. The number of hydrogen-bond donors (Lipinski definition) is 1. The van der Waals surface area contributed by atoms with Gasteiger partial charge in [0, 0.05) is 12.6 Å². The van der Waals surface area contributed by atoms with Gasteiger partial charge in [0.1, 0.15) is 0 Å². The van der Waals surface area contributed by atoms with Crippen molar-refractivity contribution in [1.82, 2.24) is 10.1 Å². The molecule has 0 saturated carbocycles. The zero-order chi connectivity index (χ0) is 13.9. The van der Waals surface area contributed by atoms with E-state index in [2.05, 4.69) is 10.1 Å². The van der Waals surface area contributed by atoms with Gasteiger partial charge in [0.05, 0.1) is 16.5 Å². The van der Waals surface area contributed by atoms with Gasteiger partial charge < -0.3 is 9.63 Å². The van der Waals surface area contributed by atoms with Crippen molar-refractivity contribution >= 4 is 17.3 Å². The monoisotopic (exact) mass is 292 g/mol. The Bertz CT molecular complexity index is 571. The predicted octanol–water partition coefficient (Wildman–Crippen LogP) is 2.70. The molecule has 0 aromatic carbocycles. The first-order valence-electron chi connectivity index (χ1n) is 6.67. The molecule has 2 aromatic rings. The van der Waals surface area contributed by atoms with Gasteiger partial charge in [-0.15, -0.1) is 11.3 Å². The van der Waals surface area contributed by atoms with Crippen molar-refractivity contribution in [2.75, 3.05) is 13.1 Å². The second-order valence-corrected chi connectivity index (χ2v) is 6.00. The SMILES string of the molecule is O=C(O)C1CCN(Cc2cc(-c3cccs3)on2)CC1. The smallest absolute Gasteiger partial charge is 0.306 e. The van der Waals surface area contributed by atoms with Gasteiger partial charge in [-0.25, -0.2) is 0 Å². The molecule has 0 atom stereocenters. The molecule has 1 saturated heterocycles. The van der Waals surface area contributed by atoms with Crippen LogP contribution in [0.25, 0.3) is 10.6 Å². The van der Waals surface area contributed by atoms with Gasteiger partial charge in [-0.1, -0.05) is 11.2 Å². The molecule has 3 rings (SSSR count). The number of carboxylic acid groups (broad SMARTS) is 1. The summed E-state index contributed by atoms with van der Waals surface area (Å²) < 4.78 is 5.35. The van der Waals surface area contributed by atoms with Gasteiger partial charge in [0.2, 0.25) is 0 Å². The van der Waals surface area contributed by atoms with Crippen LogP contribution in [0.4, 0.5) is 0 Å². The van der Waals surface area contributed by atoms with Gasteiger partial charge in [0.15, 0.2) is 5.76 Å². The highest BCUT2D eigenvalue weighted by Crippen LogP contribution is 2.26. The topological polar surface area (TPSA) is 66.6 Å². The molecule has 6 heteroatoms. The Kier molecular flexibility index (Phi) is 3.84. The van der Waals surface area contributed by atoms with Crippen LogP contribution in [-0.2, 0) is 11.3 Å². The van der Waals surface area contributed by atoms with Crippen molar-refractivity contribution in [1.29, 1.82) is 0 Å². The number of carboxylic acids is 1. The highest BCUT2D eigenvalue weighted by atomic mass is 32.1. The van der Waals surface area contributed by atoms with E-state index in [1.54, 1.807) is 11.3 Å². The van der Waals surface area contributed by atoms with Crippen molar-refractivity contribution in [3.05, 3.63) is 29.3 Å². The normalized spacial score (nSPS) is 17.4. The fourth-order valence-electron chi connectivity index (χ4n) is 2.49. The molecule has 2 aromatic heterocycles. The lowest BCUT2D eigenvalue weighted by atomic mass is 9.97. The van der Waals surface area contributed by atoms with Crippen molar-refractivity contribution in [3.63, 3.8) is 0 Å². The lowest BCUT2D eigenvalue weighted by Crippen LogP contribution is -2.35. The van der Waals surface area contributed by atoms with Crippen LogP contribution in [0.1, 0.15) is 18.5 Å². The van der Waals surface area contributed by atoms with Crippen LogP contribution in [0.2, 0.25) is 0 Å². The standard InChI is InChI=1S/C14H16N2O3S/c17-14(18)10-3-5-16(6-4-10)9-11-8-12(19-15-11)13-2-1-7-20-13/h1-2,7-8,10H,3-6,9H2,(H,17,18). The quantitative estimate of drug-likeness (QED) is 0.938. The summed E-state index contributed by atoms with van der Waals surface area (Å²) in [7, 11) is 0. The molecule has 20 heavy (non-hydrogen) atoms. The van der Waals surface area contributed by atoms with E-state index in [0.29, 0.717) is 12.8 Å². The molecule has 1 aliphatic rings. The Labute approximate surface area is 120 Å². The van der Waals surface area contributed by atoms with Crippen molar-refractivity contribution < 1.29 is 14.4 Å². The molecule has 1 fully saturated rings. The molecule has 0 amide bonds. The van der Waals surface area contributed by atoms with Crippen LogP contribution >= 0.6 is 11.3 Å². The summed E-state index contributed by atoms with van der Waals surface area (Å²) in [5.41, 5.74) is 0.905. The molecule has 1 N–H and O–H groups in total. The molecule has 0 spiro atoms. The predicted molar refractivity (Wildman–Crippen MR) is 75.5 cm³/mol. The van der Waals surface area contributed by atoms with Gasteiger partial charge in [-0.05, 0) is 37.4 Å². The molecule has 0 unspecified atom stereocenters. The molecule has 1 aliphatic heterocycles. The first-order valence-corrected chi connectivity index (χ1v) is 7.55. The van der Waals surface area contributed by atoms with E-state index in [0.717, 1.165) is 36.0 Å². The number of likely N-dealkylation sites (tertiary alicyclic amines) is 1. The van der Waals surface area contributed by atoms with Crippen LogP contribution in [0.5, 0.6) is 0 Å². The number of aromatic nitrogens is 1. The van der Waals surface area contributed by atoms with E-state index >= 15 is 0 Å². The van der Waals surface area contributed by atoms with Crippen molar-refractivity contribution in [2.24, 2.45) is 5.92 Å². The summed E-state index contributed by atoms with van der Waals surface area (Å²) in [6.45, 7) is 2.33. The highest BCUT2D eigenvalue weighted by molar-refractivity contribution is 7.13. The zero-order valence-electron chi connectivity index (χ0n) is 11.0. The van der Waals surface area contributed by atoms with E-state index in [1.165, 1.54) is 0 Å². The highest BCUT2D eigenvalue weighted by Gasteiger charge is 2.24. The average Bonchev–Trinajstić information content (AvgIpc) is 3.09. The second kappa shape index (κ2) is 5.76. The fourth-order valence-corrected chi connectivity index (χ4v) is 3.16. The molecule has 0 bridgehead atoms. The summed E-state index contributed by atoms with van der Waals surface area (Å²) in [6.07, 6.45) is 1.43. The van der Waals surface area contributed by atoms with Gasteiger partial charge in [0.25, 0.3) is 0 Å².